The van der Waals surface area contributed by atoms with Crippen LogP contribution in [0.1, 0.15) is 42.9 Å². The lowest BCUT2D eigenvalue weighted by molar-refractivity contribution is -0.141. The molecule has 0 saturated carbocycles. The number of carbonyl (C=O) groups excluding carboxylic acids is 2. The van der Waals surface area contributed by atoms with Crippen molar-refractivity contribution in [3.05, 3.63) is 99.5 Å². The second-order valence-corrected chi connectivity index (χ2v) is 12.8. The van der Waals surface area contributed by atoms with Crippen molar-refractivity contribution in [3.63, 3.8) is 0 Å². The van der Waals surface area contributed by atoms with Crippen molar-refractivity contribution < 1.29 is 18.0 Å². The van der Waals surface area contributed by atoms with Crippen LogP contribution in [0.15, 0.2) is 72.8 Å². The third-order valence-electron chi connectivity index (χ3n) is 6.60. The SMILES string of the molecule is CCCNC(=O)[C@H](Cc1ccccc1)N(Cc1ccc(Cl)c(Cl)c1)C(=O)CCCN(c1cccc(C)c1)S(C)(=O)=O. The molecule has 41 heavy (non-hydrogen) atoms. The van der Waals surface area contributed by atoms with Crippen molar-refractivity contribution in [3.8, 4) is 0 Å². The molecule has 0 saturated heterocycles. The first-order valence-electron chi connectivity index (χ1n) is 13.6. The van der Waals surface area contributed by atoms with Crippen LogP contribution in [-0.2, 0) is 32.6 Å². The van der Waals surface area contributed by atoms with Gasteiger partial charge in [0.2, 0.25) is 21.8 Å². The summed E-state index contributed by atoms with van der Waals surface area (Å²) >= 11 is 12.4. The molecule has 0 bridgehead atoms. The minimum Gasteiger partial charge on any atom is -0.354 e. The predicted octanol–water partition coefficient (Wildman–Crippen LogP) is 6.01. The topological polar surface area (TPSA) is 86.8 Å². The lowest BCUT2D eigenvalue weighted by Gasteiger charge is -2.32. The van der Waals surface area contributed by atoms with Crippen molar-refractivity contribution in [1.82, 2.24) is 10.2 Å². The van der Waals surface area contributed by atoms with E-state index in [9.17, 15) is 18.0 Å². The molecular formula is C31H37Cl2N3O4S. The Morgan fingerprint density at radius 3 is 2.29 bits per heavy atom. The molecular weight excluding hydrogens is 581 g/mol. The van der Waals surface area contributed by atoms with E-state index in [1.165, 1.54) is 4.31 Å². The molecule has 3 aromatic carbocycles. The predicted molar refractivity (Wildman–Crippen MR) is 167 cm³/mol. The Morgan fingerprint density at radius 2 is 1.66 bits per heavy atom. The summed E-state index contributed by atoms with van der Waals surface area (Å²) in [4.78, 5) is 28.9. The van der Waals surface area contributed by atoms with Crippen LogP contribution in [0.2, 0.25) is 10.0 Å². The number of hydrogen-bond donors (Lipinski definition) is 1. The molecule has 7 nitrogen and oxygen atoms in total. The Bertz CT molecular complexity index is 1430. The molecule has 220 valence electrons. The van der Waals surface area contributed by atoms with Crippen LogP contribution in [-0.4, -0.2) is 50.5 Å². The molecule has 0 aromatic heterocycles. The van der Waals surface area contributed by atoms with Gasteiger partial charge in [0.15, 0.2) is 0 Å². The quantitative estimate of drug-likeness (QED) is 0.240. The van der Waals surface area contributed by atoms with Crippen molar-refractivity contribution in [2.75, 3.05) is 23.7 Å². The summed E-state index contributed by atoms with van der Waals surface area (Å²) < 4.78 is 26.5. The van der Waals surface area contributed by atoms with E-state index in [2.05, 4.69) is 5.32 Å². The van der Waals surface area contributed by atoms with Gasteiger partial charge < -0.3 is 10.2 Å². The molecule has 0 radical (unpaired) electrons. The molecule has 1 N–H and O–H groups in total. The fourth-order valence-corrected chi connectivity index (χ4v) is 5.82. The lowest BCUT2D eigenvalue weighted by Crippen LogP contribution is -2.50. The second kappa shape index (κ2) is 15.2. The number of carbonyl (C=O) groups is 2. The van der Waals surface area contributed by atoms with E-state index in [1.54, 1.807) is 41.3 Å². The summed E-state index contributed by atoms with van der Waals surface area (Å²) in [5.74, 6) is -0.511. The average molecular weight is 619 g/mol. The highest BCUT2D eigenvalue weighted by Crippen LogP contribution is 2.25. The van der Waals surface area contributed by atoms with Gasteiger partial charge in [-0.1, -0.05) is 78.7 Å². The van der Waals surface area contributed by atoms with Gasteiger partial charge in [-0.05, 0) is 60.7 Å². The first kappa shape index (κ1) is 32.4. The highest BCUT2D eigenvalue weighted by atomic mass is 35.5. The number of nitrogens with zero attached hydrogens (tertiary/aromatic N) is 2. The average Bonchev–Trinajstić information content (AvgIpc) is 2.93. The smallest absolute Gasteiger partial charge is 0.243 e. The molecule has 3 aromatic rings. The lowest BCUT2D eigenvalue weighted by atomic mass is 10.0. The standard InChI is InChI=1S/C31H37Cl2N3O4S/c1-4-17-34-31(38)29(21-24-11-6-5-7-12-24)35(22-25-15-16-27(32)28(33)20-25)30(37)14-9-18-36(41(3,39)40)26-13-8-10-23(2)19-26/h5-8,10-13,15-16,19-20,29H,4,9,14,17-18,21-22H2,1-3H3,(H,34,38)/t29-/m0/s1. The van der Waals surface area contributed by atoms with Crippen molar-refractivity contribution in [2.45, 2.75) is 52.1 Å². The largest absolute Gasteiger partial charge is 0.354 e. The zero-order valence-electron chi connectivity index (χ0n) is 23.6. The fraction of sp³-hybridized carbons (Fsp3) is 0.355. The van der Waals surface area contributed by atoms with Gasteiger partial charge in [0, 0.05) is 32.5 Å². The molecule has 0 aliphatic heterocycles. The molecule has 3 rings (SSSR count). The van der Waals surface area contributed by atoms with E-state index in [-0.39, 0.29) is 37.7 Å². The molecule has 0 heterocycles. The van der Waals surface area contributed by atoms with Crippen LogP contribution in [0.4, 0.5) is 5.69 Å². The van der Waals surface area contributed by atoms with Crippen molar-refractivity contribution >= 4 is 50.7 Å². The Hall–Kier alpha value is -3.07. The third-order valence-corrected chi connectivity index (χ3v) is 8.53. The maximum absolute atomic E-state index is 13.9. The number of aryl methyl sites for hydroxylation is 1. The van der Waals surface area contributed by atoms with E-state index in [1.807, 2.05) is 50.2 Å². The van der Waals surface area contributed by atoms with E-state index >= 15 is 0 Å². The number of hydrogen-bond acceptors (Lipinski definition) is 4. The normalized spacial score (nSPS) is 12.0. The number of halogens is 2. The van der Waals surface area contributed by atoms with Crippen LogP contribution in [0.3, 0.4) is 0 Å². The van der Waals surface area contributed by atoms with Gasteiger partial charge in [-0.15, -0.1) is 0 Å². The Labute approximate surface area is 253 Å². The first-order valence-corrected chi connectivity index (χ1v) is 16.2. The monoisotopic (exact) mass is 617 g/mol. The van der Waals surface area contributed by atoms with Gasteiger partial charge in [0.1, 0.15) is 6.04 Å². The number of amides is 2. The number of anilines is 1. The highest BCUT2D eigenvalue weighted by Gasteiger charge is 2.30. The first-order chi connectivity index (χ1) is 19.5. The Kier molecular flexibility index (Phi) is 12.1. The molecule has 0 unspecified atom stereocenters. The number of benzene rings is 3. The molecule has 2 amide bonds. The van der Waals surface area contributed by atoms with Gasteiger partial charge in [-0.25, -0.2) is 8.42 Å². The van der Waals surface area contributed by atoms with Crippen LogP contribution >= 0.6 is 23.2 Å². The minimum absolute atomic E-state index is 0.0471. The van der Waals surface area contributed by atoms with Crippen LogP contribution in [0, 0.1) is 6.92 Å². The van der Waals surface area contributed by atoms with Crippen LogP contribution < -0.4 is 9.62 Å². The molecule has 0 aliphatic rings. The maximum atomic E-state index is 13.9. The van der Waals surface area contributed by atoms with Gasteiger partial charge in [0.05, 0.1) is 22.0 Å². The van der Waals surface area contributed by atoms with Gasteiger partial charge in [0.25, 0.3) is 0 Å². The van der Waals surface area contributed by atoms with E-state index in [0.717, 1.165) is 29.4 Å². The molecule has 1 atom stereocenters. The van der Waals surface area contributed by atoms with E-state index < -0.39 is 16.1 Å². The molecule has 10 heteroatoms. The summed E-state index contributed by atoms with van der Waals surface area (Å²) in [6, 6.07) is 21.1. The van der Waals surface area contributed by atoms with E-state index in [4.69, 9.17) is 23.2 Å². The van der Waals surface area contributed by atoms with Crippen molar-refractivity contribution in [2.24, 2.45) is 0 Å². The summed E-state index contributed by atoms with van der Waals surface area (Å²) in [5, 5.41) is 3.70. The fourth-order valence-electron chi connectivity index (χ4n) is 4.54. The van der Waals surface area contributed by atoms with Crippen molar-refractivity contribution in [1.29, 1.82) is 0 Å². The third kappa shape index (κ3) is 9.76. The van der Waals surface area contributed by atoms with Gasteiger partial charge >= 0.3 is 0 Å². The molecule has 0 aliphatic carbocycles. The Balaban J connectivity index is 1.89. The zero-order chi connectivity index (χ0) is 30.0. The highest BCUT2D eigenvalue weighted by molar-refractivity contribution is 7.92. The van der Waals surface area contributed by atoms with Gasteiger partial charge in [-0.3, -0.25) is 13.9 Å². The summed E-state index contributed by atoms with van der Waals surface area (Å²) in [6.45, 7) is 4.61. The molecule has 0 fully saturated rings. The van der Waals surface area contributed by atoms with E-state index in [0.29, 0.717) is 28.7 Å². The number of nitrogens with one attached hydrogen (secondary N) is 1. The van der Waals surface area contributed by atoms with Gasteiger partial charge in [-0.2, -0.15) is 0 Å². The maximum Gasteiger partial charge on any atom is 0.243 e. The number of sulfonamides is 1. The summed E-state index contributed by atoms with van der Waals surface area (Å²) in [7, 11) is -3.57. The minimum atomic E-state index is -3.57. The van der Waals surface area contributed by atoms with Crippen LogP contribution in [0.25, 0.3) is 0 Å². The molecule has 0 spiro atoms. The van der Waals surface area contributed by atoms with Crippen LogP contribution in [0.5, 0.6) is 0 Å². The Morgan fingerprint density at radius 1 is 0.927 bits per heavy atom. The second-order valence-electron chi connectivity index (χ2n) is 10.0. The number of rotatable bonds is 14. The summed E-state index contributed by atoms with van der Waals surface area (Å²) in [6.07, 6.45) is 2.55. The zero-order valence-corrected chi connectivity index (χ0v) is 26.0. The summed E-state index contributed by atoms with van der Waals surface area (Å²) in [5.41, 5.74) is 3.13.